The first-order valence-electron chi connectivity index (χ1n) is 6.58. The zero-order valence-electron chi connectivity index (χ0n) is 11.1. The molecule has 1 unspecified atom stereocenters. The van der Waals surface area contributed by atoms with E-state index in [-0.39, 0.29) is 0 Å². The molecule has 0 saturated carbocycles. The Bertz CT molecular complexity index is 672. The maximum absolute atomic E-state index is 4.74. The number of thiophene rings is 1. The van der Waals surface area contributed by atoms with Crippen molar-refractivity contribution in [3.8, 4) is 0 Å². The van der Waals surface area contributed by atoms with Crippen LogP contribution < -0.4 is 5.32 Å². The topological polar surface area (TPSA) is 24.9 Å². The Hall–Kier alpha value is -0.750. The van der Waals surface area contributed by atoms with Gasteiger partial charge < -0.3 is 5.32 Å². The minimum atomic E-state index is 0.336. The van der Waals surface area contributed by atoms with E-state index < -0.39 is 0 Å². The average Bonchev–Trinajstić information content (AvgIpc) is 3.03. The molecule has 0 aliphatic carbocycles. The summed E-state index contributed by atoms with van der Waals surface area (Å²) in [6.07, 6.45) is 0.941. The molecule has 0 spiro atoms. The van der Waals surface area contributed by atoms with E-state index >= 15 is 0 Å². The molecule has 0 aliphatic heterocycles. The first-order chi connectivity index (χ1) is 9.76. The first kappa shape index (κ1) is 14.2. The van der Waals surface area contributed by atoms with E-state index in [2.05, 4.69) is 57.8 Å². The van der Waals surface area contributed by atoms with Crippen LogP contribution >= 0.6 is 38.6 Å². The van der Waals surface area contributed by atoms with Gasteiger partial charge in [-0.25, -0.2) is 4.98 Å². The summed E-state index contributed by atoms with van der Waals surface area (Å²) in [5.41, 5.74) is 2.44. The second kappa shape index (κ2) is 6.35. The minimum Gasteiger partial charge on any atom is -0.310 e. The standard InChI is InChI=1S/C15H15BrN2S2/c1-2-17-12(10-7-14(16)19-9-10)8-15-18-11-5-3-4-6-13(11)20-15/h3-7,9,12,17H,2,8H2,1H3. The second-order valence-corrected chi connectivity index (χ2v) is 7.98. The van der Waals surface area contributed by atoms with Crippen molar-refractivity contribution < 1.29 is 0 Å². The molecule has 1 aromatic carbocycles. The molecule has 1 N–H and O–H groups in total. The van der Waals surface area contributed by atoms with Gasteiger partial charge in [-0.1, -0.05) is 19.1 Å². The van der Waals surface area contributed by atoms with Crippen molar-refractivity contribution >= 4 is 48.8 Å². The number of halogens is 1. The molecule has 0 fully saturated rings. The van der Waals surface area contributed by atoms with Crippen molar-refractivity contribution in [2.24, 2.45) is 0 Å². The van der Waals surface area contributed by atoms with Gasteiger partial charge in [0.1, 0.15) is 0 Å². The lowest BCUT2D eigenvalue weighted by atomic mass is 10.1. The van der Waals surface area contributed by atoms with Crippen LogP contribution in [0.2, 0.25) is 0 Å². The summed E-state index contributed by atoms with van der Waals surface area (Å²) in [6.45, 7) is 3.11. The molecule has 104 valence electrons. The number of para-hydroxylation sites is 1. The van der Waals surface area contributed by atoms with Gasteiger partial charge in [0.15, 0.2) is 0 Å². The van der Waals surface area contributed by atoms with Crippen LogP contribution in [-0.4, -0.2) is 11.5 Å². The van der Waals surface area contributed by atoms with Crippen LogP contribution in [0.4, 0.5) is 0 Å². The third-order valence-electron chi connectivity index (χ3n) is 3.16. The molecule has 0 amide bonds. The van der Waals surface area contributed by atoms with Crippen LogP contribution in [0.25, 0.3) is 10.2 Å². The number of hydrogen-bond donors (Lipinski definition) is 1. The number of rotatable bonds is 5. The number of fused-ring (bicyclic) bond motifs is 1. The highest BCUT2D eigenvalue weighted by molar-refractivity contribution is 9.11. The Kier molecular flexibility index (Phi) is 4.51. The Balaban J connectivity index is 1.85. The summed E-state index contributed by atoms with van der Waals surface area (Å²) in [7, 11) is 0. The van der Waals surface area contributed by atoms with Crippen molar-refractivity contribution in [2.45, 2.75) is 19.4 Å². The van der Waals surface area contributed by atoms with Crippen molar-refractivity contribution in [1.29, 1.82) is 0 Å². The Morgan fingerprint density at radius 2 is 2.20 bits per heavy atom. The number of aromatic nitrogens is 1. The third-order valence-corrected chi connectivity index (χ3v) is 5.74. The molecule has 0 radical (unpaired) electrons. The summed E-state index contributed by atoms with van der Waals surface area (Å²) in [4.78, 5) is 4.74. The summed E-state index contributed by atoms with van der Waals surface area (Å²) < 4.78 is 2.45. The van der Waals surface area contributed by atoms with Gasteiger partial charge in [0.05, 0.1) is 19.0 Å². The minimum absolute atomic E-state index is 0.336. The van der Waals surface area contributed by atoms with Crippen LogP contribution in [0, 0.1) is 0 Å². The summed E-state index contributed by atoms with van der Waals surface area (Å²) in [6, 6.07) is 10.9. The van der Waals surface area contributed by atoms with Gasteiger partial charge in [-0.05, 0) is 51.6 Å². The van der Waals surface area contributed by atoms with E-state index in [9.17, 15) is 0 Å². The molecule has 0 bridgehead atoms. The fourth-order valence-electron chi connectivity index (χ4n) is 2.24. The van der Waals surface area contributed by atoms with Gasteiger partial charge >= 0.3 is 0 Å². The number of likely N-dealkylation sites (N-methyl/N-ethyl adjacent to an activating group) is 1. The number of thiazole rings is 1. The summed E-state index contributed by atoms with van der Waals surface area (Å²) in [5, 5.41) is 6.96. The number of hydrogen-bond acceptors (Lipinski definition) is 4. The molecule has 5 heteroatoms. The van der Waals surface area contributed by atoms with E-state index in [1.54, 1.807) is 22.7 Å². The second-order valence-electron chi connectivity index (χ2n) is 4.57. The molecule has 0 aliphatic rings. The zero-order valence-corrected chi connectivity index (χ0v) is 14.3. The van der Waals surface area contributed by atoms with Crippen molar-refractivity contribution in [3.63, 3.8) is 0 Å². The first-order valence-corrected chi connectivity index (χ1v) is 9.07. The quantitative estimate of drug-likeness (QED) is 0.685. The van der Waals surface area contributed by atoms with E-state index in [1.165, 1.54) is 19.1 Å². The molecule has 2 nitrogen and oxygen atoms in total. The zero-order chi connectivity index (χ0) is 13.9. The molecule has 2 heterocycles. The molecule has 1 atom stereocenters. The lowest BCUT2D eigenvalue weighted by molar-refractivity contribution is 0.550. The van der Waals surface area contributed by atoms with Gasteiger partial charge in [0.25, 0.3) is 0 Å². The number of nitrogens with zero attached hydrogens (tertiary/aromatic N) is 1. The monoisotopic (exact) mass is 366 g/mol. The number of benzene rings is 1. The van der Waals surface area contributed by atoms with Crippen LogP contribution in [0.3, 0.4) is 0 Å². The molecule has 3 aromatic rings. The Morgan fingerprint density at radius 1 is 1.35 bits per heavy atom. The Labute approximate surface area is 135 Å². The third kappa shape index (κ3) is 3.11. The Morgan fingerprint density at radius 3 is 2.90 bits per heavy atom. The largest absolute Gasteiger partial charge is 0.310 e. The SMILES string of the molecule is CCNC(Cc1nc2ccccc2s1)c1csc(Br)c1. The van der Waals surface area contributed by atoms with Crippen LogP contribution in [0.15, 0.2) is 39.5 Å². The van der Waals surface area contributed by atoms with Gasteiger partial charge in [-0.15, -0.1) is 22.7 Å². The van der Waals surface area contributed by atoms with Crippen LogP contribution in [-0.2, 0) is 6.42 Å². The summed E-state index contributed by atoms with van der Waals surface area (Å²) >= 11 is 7.07. The van der Waals surface area contributed by atoms with Gasteiger partial charge in [0.2, 0.25) is 0 Å². The van der Waals surface area contributed by atoms with Gasteiger partial charge in [-0.2, -0.15) is 0 Å². The van der Waals surface area contributed by atoms with Crippen LogP contribution in [0.1, 0.15) is 23.5 Å². The molecule has 20 heavy (non-hydrogen) atoms. The maximum atomic E-state index is 4.74. The molecule has 0 saturated heterocycles. The van der Waals surface area contributed by atoms with Gasteiger partial charge in [-0.3, -0.25) is 0 Å². The lowest BCUT2D eigenvalue weighted by Crippen LogP contribution is -2.22. The molecule has 3 rings (SSSR count). The molecule has 2 aromatic heterocycles. The van der Waals surface area contributed by atoms with Crippen LogP contribution in [0.5, 0.6) is 0 Å². The predicted octanol–water partition coefficient (Wildman–Crippen LogP) is 5.01. The fraction of sp³-hybridized carbons (Fsp3) is 0.267. The van der Waals surface area contributed by atoms with Gasteiger partial charge in [0, 0.05) is 12.5 Å². The smallest absolute Gasteiger partial charge is 0.0957 e. The fourth-order valence-corrected chi connectivity index (χ4v) is 4.48. The average molecular weight is 367 g/mol. The number of nitrogens with one attached hydrogen (secondary N) is 1. The van der Waals surface area contributed by atoms with E-state index in [0.29, 0.717) is 6.04 Å². The molecular formula is C15H15BrN2S2. The van der Waals surface area contributed by atoms with Crippen molar-refractivity contribution in [1.82, 2.24) is 10.3 Å². The highest BCUT2D eigenvalue weighted by atomic mass is 79.9. The van der Waals surface area contributed by atoms with E-state index in [4.69, 9.17) is 4.98 Å². The molecular weight excluding hydrogens is 352 g/mol. The van der Waals surface area contributed by atoms with Crippen molar-refractivity contribution in [3.05, 3.63) is 50.1 Å². The van der Waals surface area contributed by atoms with E-state index in [0.717, 1.165) is 18.5 Å². The predicted molar refractivity (Wildman–Crippen MR) is 91.8 cm³/mol. The van der Waals surface area contributed by atoms with E-state index in [1.807, 2.05) is 6.07 Å². The lowest BCUT2D eigenvalue weighted by Gasteiger charge is -2.15. The van der Waals surface area contributed by atoms with Crippen molar-refractivity contribution in [2.75, 3.05) is 6.54 Å². The highest BCUT2D eigenvalue weighted by Gasteiger charge is 2.15. The maximum Gasteiger partial charge on any atom is 0.0957 e. The normalized spacial score (nSPS) is 12.9. The summed E-state index contributed by atoms with van der Waals surface area (Å²) in [5.74, 6) is 0. The highest BCUT2D eigenvalue weighted by Crippen LogP contribution is 2.30.